The van der Waals surface area contributed by atoms with Crippen LogP contribution in [0.2, 0.25) is 0 Å². The monoisotopic (exact) mass is 627 g/mol. The van der Waals surface area contributed by atoms with Gasteiger partial charge < -0.3 is 14.2 Å². The molecule has 1 aromatic heterocycles. The number of aromatic nitrogens is 1. The van der Waals surface area contributed by atoms with Crippen LogP contribution in [-0.2, 0) is 14.8 Å². The van der Waals surface area contributed by atoms with Gasteiger partial charge in [-0.2, -0.15) is 0 Å². The van der Waals surface area contributed by atoms with Crippen molar-refractivity contribution in [1.82, 2.24) is 24.4 Å². The van der Waals surface area contributed by atoms with E-state index in [1.54, 1.807) is 18.3 Å². The number of nitrogens with one attached hydrogen (secondary N) is 1. The molecule has 14 heteroatoms. The van der Waals surface area contributed by atoms with Gasteiger partial charge in [0.15, 0.2) is 11.5 Å². The van der Waals surface area contributed by atoms with E-state index in [2.05, 4.69) is 15.2 Å². The number of pyridine rings is 1. The first kappa shape index (κ1) is 31.8. The highest BCUT2D eigenvalue weighted by atomic mass is 32.2. The number of amidine groups is 1. The molecule has 5 rings (SSSR count). The number of nitrogens with zero attached hydrogens (tertiary/aromatic N) is 6. The SMILES string of the molecule is CCN(CC)S(=O)(=O)CCCOc1c(OCCCN2CCOCC2)ccc2c1N=C(NC(=O)c1cccnc1)N1CCN=C21. The van der Waals surface area contributed by atoms with Gasteiger partial charge in [0.05, 0.1) is 44.3 Å². The van der Waals surface area contributed by atoms with Gasteiger partial charge in [-0.15, -0.1) is 0 Å². The van der Waals surface area contributed by atoms with Crippen LogP contribution in [0, 0.1) is 0 Å². The maximum atomic E-state index is 13.1. The Balaban J connectivity index is 1.38. The zero-order chi connectivity index (χ0) is 30.9. The van der Waals surface area contributed by atoms with Gasteiger partial charge in [0.25, 0.3) is 5.91 Å². The molecule has 44 heavy (non-hydrogen) atoms. The third-order valence-electron chi connectivity index (χ3n) is 7.67. The van der Waals surface area contributed by atoms with Crippen LogP contribution in [0.5, 0.6) is 11.5 Å². The predicted octanol–water partition coefficient (Wildman–Crippen LogP) is 2.12. The number of hydrogen-bond acceptors (Lipinski definition) is 11. The van der Waals surface area contributed by atoms with Crippen molar-refractivity contribution in [2.24, 2.45) is 9.98 Å². The lowest BCUT2D eigenvalue weighted by Gasteiger charge is -2.29. The Morgan fingerprint density at radius 2 is 1.86 bits per heavy atom. The summed E-state index contributed by atoms with van der Waals surface area (Å²) in [6, 6.07) is 7.14. The first-order valence-electron chi connectivity index (χ1n) is 15.2. The van der Waals surface area contributed by atoms with Crippen LogP contribution in [0.15, 0.2) is 46.6 Å². The van der Waals surface area contributed by atoms with Crippen LogP contribution in [0.4, 0.5) is 5.69 Å². The molecule has 1 saturated heterocycles. The number of sulfonamides is 1. The van der Waals surface area contributed by atoms with Gasteiger partial charge in [-0.05, 0) is 37.1 Å². The zero-order valence-electron chi connectivity index (χ0n) is 25.4. The highest BCUT2D eigenvalue weighted by Gasteiger charge is 2.33. The van der Waals surface area contributed by atoms with Crippen LogP contribution in [-0.4, -0.2) is 123 Å². The average Bonchev–Trinajstić information content (AvgIpc) is 3.54. The summed E-state index contributed by atoms with van der Waals surface area (Å²) >= 11 is 0. The summed E-state index contributed by atoms with van der Waals surface area (Å²) in [6.45, 7) is 10.4. The van der Waals surface area contributed by atoms with Crippen LogP contribution in [0.1, 0.15) is 42.6 Å². The van der Waals surface area contributed by atoms with Gasteiger partial charge in [0.1, 0.15) is 11.5 Å². The molecule has 3 aliphatic heterocycles. The highest BCUT2D eigenvalue weighted by molar-refractivity contribution is 7.89. The van der Waals surface area contributed by atoms with E-state index in [1.165, 1.54) is 10.5 Å². The Kier molecular flexibility index (Phi) is 10.8. The minimum Gasteiger partial charge on any atom is -0.490 e. The summed E-state index contributed by atoms with van der Waals surface area (Å²) in [5.41, 5.74) is 1.65. The quantitative estimate of drug-likeness (QED) is 0.312. The molecule has 1 aromatic carbocycles. The molecule has 0 radical (unpaired) electrons. The van der Waals surface area contributed by atoms with Gasteiger partial charge in [-0.25, -0.2) is 17.7 Å². The Labute approximate surface area is 259 Å². The first-order chi connectivity index (χ1) is 21.4. The first-order valence-corrected chi connectivity index (χ1v) is 16.8. The lowest BCUT2D eigenvalue weighted by Crippen LogP contribution is -2.47. The number of aliphatic imine (C=N–C) groups is 2. The molecule has 0 spiro atoms. The number of rotatable bonds is 14. The molecule has 1 amide bonds. The third kappa shape index (κ3) is 7.54. The van der Waals surface area contributed by atoms with Gasteiger partial charge in [0.2, 0.25) is 16.0 Å². The summed E-state index contributed by atoms with van der Waals surface area (Å²) in [7, 11) is -3.39. The van der Waals surface area contributed by atoms with E-state index < -0.39 is 10.0 Å². The molecule has 0 atom stereocenters. The molecule has 1 N–H and O–H groups in total. The Morgan fingerprint density at radius 3 is 2.61 bits per heavy atom. The molecular weight excluding hydrogens is 586 g/mol. The number of benzene rings is 1. The van der Waals surface area contributed by atoms with E-state index in [-0.39, 0.29) is 18.3 Å². The maximum absolute atomic E-state index is 13.1. The van der Waals surface area contributed by atoms with Gasteiger partial charge >= 0.3 is 0 Å². The van der Waals surface area contributed by atoms with Crippen molar-refractivity contribution in [3.8, 4) is 11.5 Å². The number of morpholine rings is 1. The minimum absolute atomic E-state index is 0.0321. The number of carbonyl (C=O) groups is 1. The fourth-order valence-corrected chi connectivity index (χ4v) is 6.90. The number of carbonyl (C=O) groups excluding carboxylic acids is 1. The molecule has 0 unspecified atom stereocenters. The summed E-state index contributed by atoms with van der Waals surface area (Å²) in [5, 5.41) is 2.91. The van der Waals surface area contributed by atoms with Crippen molar-refractivity contribution in [3.63, 3.8) is 0 Å². The molecule has 1 fully saturated rings. The van der Waals surface area contributed by atoms with E-state index in [9.17, 15) is 13.2 Å². The second-order valence-corrected chi connectivity index (χ2v) is 12.6. The van der Waals surface area contributed by atoms with Gasteiger partial charge in [0, 0.05) is 57.2 Å². The fourth-order valence-electron chi connectivity index (χ4n) is 5.37. The number of amides is 1. The summed E-state index contributed by atoms with van der Waals surface area (Å²) < 4.78 is 44.9. The van der Waals surface area contributed by atoms with Crippen LogP contribution < -0.4 is 14.8 Å². The lowest BCUT2D eigenvalue weighted by atomic mass is 10.1. The van der Waals surface area contributed by atoms with E-state index >= 15 is 0 Å². The molecule has 0 aliphatic carbocycles. The van der Waals surface area contributed by atoms with Crippen molar-refractivity contribution in [2.45, 2.75) is 26.7 Å². The van der Waals surface area contributed by atoms with E-state index in [0.717, 1.165) is 44.8 Å². The summed E-state index contributed by atoms with van der Waals surface area (Å²) in [4.78, 5) is 30.9. The Bertz CT molecular complexity index is 1460. The molecule has 4 heterocycles. The van der Waals surface area contributed by atoms with Crippen molar-refractivity contribution >= 4 is 33.4 Å². The molecule has 2 aromatic rings. The number of guanidine groups is 1. The molecule has 3 aliphatic rings. The number of hydrogen-bond donors (Lipinski definition) is 1. The highest BCUT2D eigenvalue weighted by Crippen LogP contribution is 2.43. The normalized spacial score (nSPS) is 16.7. The Hall–Kier alpha value is -3.59. The summed E-state index contributed by atoms with van der Waals surface area (Å²) in [6.07, 6.45) is 4.21. The van der Waals surface area contributed by atoms with Gasteiger partial charge in [-0.1, -0.05) is 13.8 Å². The molecule has 0 bridgehead atoms. The van der Waals surface area contributed by atoms with Gasteiger partial charge in [-0.3, -0.25) is 29.9 Å². The van der Waals surface area contributed by atoms with Crippen LogP contribution in [0.25, 0.3) is 0 Å². The largest absolute Gasteiger partial charge is 0.490 e. The fraction of sp³-hybridized carbons (Fsp3) is 0.533. The lowest BCUT2D eigenvalue weighted by molar-refractivity contribution is 0.0357. The number of ether oxygens (including phenoxy) is 3. The second-order valence-electron chi connectivity index (χ2n) is 10.5. The van der Waals surface area contributed by atoms with Crippen molar-refractivity contribution in [3.05, 3.63) is 47.8 Å². The van der Waals surface area contributed by atoms with E-state index in [0.29, 0.717) is 73.8 Å². The van der Waals surface area contributed by atoms with Crippen molar-refractivity contribution in [2.75, 3.05) is 78.0 Å². The smallest absolute Gasteiger partial charge is 0.259 e. The third-order valence-corrected chi connectivity index (χ3v) is 9.78. The number of fused-ring (bicyclic) bond motifs is 3. The van der Waals surface area contributed by atoms with E-state index in [1.807, 2.05) is 30.9 Å². The minimum atomic E-state index is -3.39. The second kappa shape index (κ2) is 14.9. The van der Waals surface area contributed by atoms with E-state index in [4.69, 9.17) is 24.2 Å². The summed E-state index contributed by atoms with van der Waals surface area (Å²) in [5.74, 6) is 1.55. The van der Waals surface area contributed by atoms with Crippen molar-refractivity contribution < 1.29 is 27.4 Å². The zero-order valence-corrected chi connectivity index (χ0v) is 26.2. The standard InChI is InChI=1S/C30H41N7O6S/c1-3-36(4-2)44(39,40)21-7-18-43-27-25(42-17-6-13-35-15-19-41-20-16-35)10-9-24-26(27)33-30(37-14-12-32-28(24)37)34-29(38)23-8-5-11-31-22-23/h5,8-11,22H,3-4,6-7,12-21H2,1-2H3,(H,33,34,38). The van der Waals surface area contributed by atoms with Crippen molar-refractivity contribution in [1.29, 1.82) is 0 Å². The van der Waals surface area contributed by atoms with Crippen LogP contribution >= 0.6 is 0 Å². The van der Waals surface area contributed by atoms with Crippen LogP contribution in [0.3, 0.4) is 0 Å². The molecule has 0 saturated carbocycles. The maximum Gasteiger partial charge on any atom is 0.259 e. The molecule has 13 nitrogen and oxygen atoms in total. The Morgan fingerprint density at radius 1 is 1.07 bits per heavy atom. The predicted molar refractivity (Wildman–Crippen MR) is 168 cm³/mol. The topological polar surface area (TPSA) is 138 Å². The molecular formula is C30H41N7O6S. The molecule has 238 valence electrons. The average molecular weight is 628 g/mol.